The molecule has 16 heavy (non-hydrogen) atoms. The van der Waals surface area contributed by atoms with Crippen molar-refractivity contribution in [2.75, 3.05) is 24.8 Å². The van der Waals surface area contributed by atoms with Crippen molar-refractivity contribution in [3.05, 3.63) is 6.07 Å². The highest BCUT2D eigenvalue weighted by Crippen LogP contribution is 2.19. The third kappa shape index (κ3) is 3.54. The zero-order valence-corrected chi connectivity index (χ0v) is 9.82. The molecule has 0 unspecified atom stereocenters. The van der Waals surface area contributed by atoms with E-state index in [2.05, 4.69) is 15.3 Å². The van der Waals surface area contributed by atoms with E-state index in [1.807, 2.05) is 13.8 Å². The molecule has 0 aliphatic carbocycles. The van der Waals surface area contributed by atoms with Crippen LogP contribution in [0.5, 0.6) is 5.88 Å². The number of nitrogens with two attached hydrogens (primary N) is 1. The highest BCUT2D eigenvalue weighted by atomic mass is 16.5. The molecule has 1 heterocycles. The van der Waals surface area contributed by atoms with Crippen LogP contribution in [-0.4, -0.2) is 34.3 Å². The van der Waals surface area contributed by atoms with Crippen molar-refractivity contribution in [3.8, 4) is 5.88 Å². The smallest absolute Gasteiger partial charge is 0.225 e. The molecular formula is C10H18N4O2. The number of anilines is 2. The average Bonchev–Trinajstić information content (AvgIpc) is 2.15. The summed E-state index contributed by atoms with van der Waals surface area (Å²) in [5.74, 6) is 1.15. The fraction of sp³-hybridized carbons (Fsp3) is 0.600. The number of hydrogen-bond donors (Lipinski definition) is 3. The molecule has 0 saturated heterocycles. The van der Waals surface area contributed by atoms with Crippen LogP contribution in [0.4, 0.5) is 11.8 Å². The second-order valence-electron chi connectivity index (χ2n) is 4.14. The van der Waals surface area contributed by atoms with E-state index >= 15 is 0 Å². The van der Waals surface area contributed by atoms with Crippen molar-refractivity contribution < 1.29 is 9.84 Å². The van der Waals surface area contributed by atoms with E-state index in [-0.39, 0.29) is 18.1 Å². The lowest BCUT2D eigenvalue weighted by atomic mass is 10.0. The Balaban J connectivity index is 2.84. The minimum atomic E-state index is -0.263. The zero-order valence-electron chi connectivity index (χ0n) is 9.82. The molecule has 0 radical (unpaired) electrons. The first-order chi connectivity index (χ1) is 7.46. The number of aliphatic hydroxyl groups is 1. The number of aliphatic hydroxyl groups excluding tert-OH is 1. The van der Waals surface area contributed by atoms with Crippen LogP contribution in [0.3, 0.4) is 0 Å². The molecule has 90 valence electrons. The van der Waals surface area contributed by atoms with Gasteiger partial charge in [-0.15, -0.1) is 0 Å². The van der Waals surface area contributed by atoms with Crippen LogP contribution in [-0.2, 0) is 0 Å². The third-order valence-electron chi connectivity index (χ3n) is 2.13. The van der Waals surface area contributed by atoms with Gasteiger partial charge in [-0.05, 0) is 20.3 Å². The molecule has 0 aromatic carbocycles. The van der Waals surface area contributed by atoms with Crippen molar-refractivity contribution in [1.29, 1.82) is 0 Å². The molecule has 0 saturated carbocycles. The summed E-state index contributed by atoms with van der Waals surface area (Å²) in [5, 5.41) is 12.1. The Morgan fingerprint density at radius 2 is 2.19 bits per heavy atom. The third-order valence-corrected chi connectivity index (χ3v) is 2.13. The first-order valence-corrected chi connectivity index (χ1v) is 5.04. The monoisotopic (exact) mass is 226 g/mol. The summed E-state index contributed by atoms with van der Waals surface area (Å²) in [6.45, 7) is 4.04. The summed E-state index contributed by atoms with van der Waals surface area (Å²) in [7, 11) is 1.52. The van der Waals surface area contributed by atoms with Gasteiger partial charge in [-0.2, -0.15) is 9.97 Å². The average molecular weight is 226 g/mol. The predicted octanol–water partition coefficient (Wildman–Crippen LogP) is 0.640. The molecule has 0 spiro atoms. The fourth-order valence-corrected chi connectivity index (χ4v) is 1.30. The van der Waals surface area contributed by atoms with Crippen molar-refractivity contribution in [3.63, 3.8) is 0 Å². The van der Waals surface area contributed by atoms with Gasteiger partial charge in [-0.25, -0.2) is 0 Å². The Labute approximate surface area is 94.9 Å². The lowest BCUT2D eigenvalue weighted by Crippen LogP contribution is -2.32. The molecule has 1 rings (SSSR count). The summed E-state index contributed by atoms with van der Waals surface area (Å²) in [6.07, 6.45) is 0.610. The molecule has 6 nitrogen and oxygen atoms in total. The SMILES string of the molecule is COc1cc(NC(C)(C)CCO)nc(N)n1. The number of nitrogen functional groups attached to an aromatic ring is 1. The van der Waals surface area contributed by atoms with Gasteiger partial charge in [0.05, 0.1) is 7.11 Å². The van der Waals surface area contributed by atoms with Crippen LogP contribution >= 0.6 is 0 Å². The van der Waals surface area contributed by atoms with Gasteiger partial charge in [0.15, 0.2) is 0 Å². The highest BCUT2D eigenvalue weighted by Gasteiger charge is 2.17. The fourth-order valence-electron chi connectivity index (χ4n) is 1.30. The number of rotatable bonds is 5. The van der Waals surface area contributed by atoms with Crippen molar-refractivity contribution >= 4 is 11.8 Å². The van der Waals surface area contributed by atoms with Crippen LogP contribution in [0.1, 0.15) is 20.3 Å². The van der Waals surface area contributed by atoms with Gasteiger partial charge in [-0.1, -0.05) is 0 Å². The number of ether oxygens (including phenoxy) is 1. The van der Waals surface area contributed by atoms with E-state index in [1.165, 1.54) is 7.11 Å². The van der Waals surface area contributed by atoms with E-state index in [0.29, 0.717) is 18.1 Å². The van der Waals surface area contributed by atoms with Crippen molar-refractivity contribution in [2.24, 2.45) is 0 Å². The second kappa shape index (κ2) is 4.98. The Bertz CT molecular complexity index is 355. The molecule has 0 fully saturated rings. The number of nitrogens with zero attached hydrogens (tertiary/aromatic N) is 2. The van der Waals surface area contributed by atoms with Crippen LogP contribution in [0.2, 0.25) is 0 Å². The number of methoxy groups -OCH3 is 1. The van der Waals surface area contributed by atoms with Crippen LogP contribution < -0.4 is 15.8 Å². The van der Waals surface area contributed by atoms with Gasteiger partial charge in [-0.3, -0.25) is 0 Å². The van der Waals surface area contributed by atoms with Gasteiger partial charge < -0.3 is 20.9 Å². The topological polar surface area (TPSA) is 93.3 Å². The molecule has 0 aliphatic rings. The van der Waals surface area contributed by atoms with Gasteiger partial charge >= 0.3 is 0 Å². The van der Waals surface area contributed by atoms with E-state index in [9.17, 15) is 0 Å². The van der Waals surface area contributed by atoms with E-state index < -0.39 is 0 Å². The number of aromatic nitrogens is 2. The lowest BCUT2D eigenvalue weighted by Gasteiger charge is -2.26. The molecular weight excluding hydrogens is 208 g/mol. The summed E-state index contributed by atoms with van der Waals surface area (Å²) in [4.78, 5) is 7.93. The Kier molecular flexibility index (Phi) is 3.89. The number of nitrogens with one attached hydrogen (secondary N) is 1. The molecule has 0 bridgehead atoms. The predicted molar refractivity (Wildman–Crippen MR) is 62.4 cm³/mol. The minimum Gasteiger partial charge on any atom is -0.481 e. The molecule has 0 atom stereocenters. The zero-order chi connectivity index (χ0) is 12.2. The molecule has 6 heteroatoms. The Morgan fingerprint density at radius 1 is 1.50 bits per heavy atom. The molecule has 0 aliphatic heterocycles. The van der Waals surface area contributed by atoms with Crippen molar-refractivity contribution in [1.82, 2.24) is 9.97 Å². The summed E-state index contributed by atoms with van der Waals surface area (Å²) in [6, 6.07) is 1.66. The minimum absolute atomic E-state index is 0.109. The van der Waals surface area contributed by atoms with E-state index in [0.717, 1.165) is 0 Å². The van der Waals surface area contributed by atoms with Gasteiger partial charge in [0.2, 0.25) is 11.8 Å². The maximum absolute atomic E-state index is 8.91. The largest absolute Gasteiger partial charge is 0.481 e. The first kappa shape index (κ1) is 12.5. The quantitative estimate of drug-likeness (QED) is 0.682. The second-order valence-corrected chi connectivity index (χ2v) is 4.14. The standard InChI is InChI=1S/C10H18N4O2/c1-10(2,4-5-15)14-7-6-8(16-3)13-9(11)12-7/h6,15H,4-5H2,1-3H3,(H3,11,12,13,14). The molecule has 0 amide bonds. The normalized spacial score (nSPS) is 11.2. The maximum atomic E-state index is 8.91. The van der Waals surface area contributed by atoms with Crippen LogP contribution in [0.25, 0.3) is 0 Å². The Hall–Kier alpha value is -1.56. The summed E-state index contributed by atoms with van der Waals surface area (Å²) < 4.78 is 4.99. The highest BCUT2D eigenvalue weighted by molar-refractivity contribution is 5.44. The van der Waals surface area contributed by atoms with Crippen molar-refractivity contribution in [2.45, 2.75) is 25.8 Å². The molecule has 1 aromatic rings. The molecule has 1 aromatic heterocycles. The summed E-state index contributed by atoms with van der Waals surface area (Å²) >= 11 is 0. The molecule has 4 N–H and O–H groups in total. The van der Waals surface area contributed by atoms with Gasteiger partial charge in [0.1, 0.15) is 5.82 Å². The van der Waals surface area contributed by atoms with Crippen LogP contribution in [0, 0.1) is 0 Å². The van der Waals surface area contributed by atoms with Crippen LogP contribution in [0.15, 0.2) is 6.07 Å². The van der Waals surface area contributed by atoms with Gasteiger partial charge in [0.25, 0.3) is 0 Å². The maximum Gasteiger partial charge on any atom is 0.225 e. The van der Waals surface area contributed by atoms with E-state index in [4.69, 9.17) is 15.6 Å². The summed E-state index contributed by atoms with van der Waals surface area (Å²) in [5.41, 5.74) is 5.27. The Morgan fingerprint density at radius 3 is 2.75 bits per heavy atom. The van der Waals surface area contributed by atoms with Gasteiger partial charge in [0, 0.05) is 18.2 Å². The number of hydrogen-bond acceptors (Lipinski definition) is 6. The van der Waals surface area contributed by atoms with E-state index in [1.54, 1.807) is 6.07 Å². The lowest BCUT2D eigenvalue weighted by molar-refractivity contribution is 0.260. The first-order valence-electron chi connectivity index (χ1n) is 5.04.